The first kappa shape index (κ1) is 22.0. The maximum atomic E-state index is 5.94. The van der Waals surface area contributed by atoms with E-state index in [1.165, 1.54) is 11.1 Å². The van der Waals surface area contributed by atoms with Crippen LogP contribution in [-0.4, -0.2) is 0 Å². The summed E-state index contributed by atoms with van der Waals surface area (Å²) in [7, 11) is 0. The molecule has 30 heavy (non-hydrogen) atoms. The molecule has 0 bridgehead atoms. The Hall–Kier alpha value is -2.74. The summed E-state index contributed by atoms with van der Waals surface area (Å²) >= 11 is 0. The first-order valence-corrected chi connectivity index (χ1v) is 11.1. The zero-order chi connectivity index (χ0) is 21.3. The molecule has 3 aromatic carbocycles. The Balaban J connectivity index is 1.47. The fourth-order valence-corrected chi connectivity index (χ4v) is 3.32. The first-order chi connectivity index (χ1) is 14.6. The lowest BCUT2D eigenvalue weighted by molar-refractivity contribution is 0.302. The lowest BCUT2D eigenvalue weighted by Crippen LogP contribution is -1.99. The van der Waals surface area contributed by atoms with Crippen molar-refractivity contribution in [3.63, 3.8) is 0 Å². The van der Waals surface area contributed by atoms with Gasteiger partial charge in [-0.15, -0.1) is 0 Å². The Labute approximate surface area is 181 Å². The molecule has 0 radical (unpaired) electrons. The fourth-order valence-electron chi connectivity index (χ4n) is 3.32. The van der Waals surface area contributed by atoms with Crippen molar-refractivity contribution >= 4 is 0 Å². The van der Waals surface area contributed by atoms with E-state index in [0.29, 0.717) is 25.0 Å². The summed E-state index contributed by atoms with van der Waals surface area (Å²) in [5, 5.41) is 0. The topological polar surface area (TPSA) is 18.5 Å². The number of ether oxygens (including phenoxy) is 2. The molecule has 2 heteroatoms. The van der Waals surface area contributed by atoms with Crippen LogP contribution in [0.4, 0.5) is 0 Å². The number of benzene rings is 3. The van der Waals surface area contributed by atoms with Gasteiger partial charge in [-0.2, -0.15) is 0 Å². The highest BCUT2D eigenvalue weighted by molar-refractivity contribution is 5.31. The fraction of sp³-hybridized carbons (Fsp3) is 0.357. The largest absolute Gasteiger partial charge is 0.489 e. The zero-order valence-electron chi connectivity index (χ0n) is 18.7. The molecule has 0 fully saturated rings. The van der Waals surface area contributed by atoms with Crippen molar-refractivity contribution in [1.29, 1.82) is 0 Å². The van der Waals surface area contributed by atoms with Gasteiger partial charge in [-0.25, -0.2) is 0 Å². The molecule has 3 aromatic rings. The van der Waals surface area contributed by atoms with Crippen LogP contribution in [0.3, 0.4) is 0 Å². The van der Waals surface area contributed by atoms with E-state index in [0.717, 1.165) is 35.5 Å². The molecule has 0 amide bonds. The first-order valence-electron chi connectivity index (χ1n) is 11.1. The third kappa shape index (κ3) is 6.13. The van der Waals surface area contributed by atoms with Gasteiger partial charge in [0.2, 0.25) is 0 Å². The van der Waals surface area contributed by atoms with Gasteiger partial charge in [0.05, 0.1) is 0 Å². The average molecular weight is 403 g/mol. The second kappa shape index (κ2) is 10.9. The molecule has 0 aliphatic carbocycles. The van der Waals surface area contributed by atoms with Crippen LogP contribution in [0.25, 0.3) is 0 Å². The van der Waals surface area contributed by atoms with E-state index < -0.39 is 0 Å². The van der Waals surface area contributed by atoms with Crippen molar-refractivity contribution in [3.8, 4) is 11.5 Å². The van der Waals surface area contributed by atoms with E-state index >= 15 is 0 Å². The van der Waals surface area contributed by atoms with Gasteiger partial charge in [0.25, 0.3) is 0 Å². The number of hydrogen-bond acceptors (Lipinski definition) is 2. The quantitative estimate of drug-likeness (QED) is 0.343. The molecule has 0 spiro atoms. The number of hydrogen-bond donors (Lipinski definition) is 0. The van der Waals surface area contributed by atoms with Gasteiger partial charge in [0, 0.05) is 0 Å². The third-order valence-electron chi connectivity index (χ3n) is 5.96. The molecule has 0 aliphatic heterocycles. The molecule has 3 rings (SSSR count). The average Bonchev–Trinajstić information content (AvgIpc) is 2.81. The van der Waals surface area contributed by atoms with Crippen molar-refractivity contribution in [2.24, 2.45) is 0 Å². The van der Waals surface area contributed by atoms with Crippen LogP contribution in [0.2, 0.25) is 0 Å². The van der Waals surface area contributed by atoms with Crippen LogP contribution in [0.15, 0.2) is 72.8 Å². The second-order valence-corrected chi connectivity index (χ2v) is 8.15. The molecule has 2 atom stereocenters. The van der Waals surface area contributed by atoms with Crippen molar-refractivity contribution in [1.82, 2.24) is 0 Å². The minimum absolute atomic E-state index is 0.570. The molecular weight excluding hydrogens is 368 g/mol. The van der Waals surface area contributed by atoms with Crippen LogP contribution < -0.4 is 9.47 Å². The normalized spacial score (nSPS) is 12.9. The maximum Gasteiger partial charge on any atom is 0.119 e. The summed E-state index contributed by atoms with van der Waals surface area (Å²) in [4.78, 5) is 0. The highest BCUT2D eigenvalue weighted by Gasteiger charge is 2.05. The minimum Gasteiger partial charge on any atom is -0.489 e. The Morgan fingerprint density at radius 2 is 0.867 bits per heavy atom. The van der Waals surface area contributed by atoms with Crippen molar-refractivity contribution in [2.75, 3.05) is 0 Å². The van der Waals surface area contributed by atoms with E-state index in [1.807, 2.05) is 0 Å². The summed E-state index contributed by atoms with van der Waals surface area (Å²) in [6.07, 6.45) is 2.30. The predicted octanol–water partition coefficient (Wildman–Crippen LogP) is 7.87. The van der Waals surface area contributed by atoms with Gasteiger partial charge in [-0.05, 0) is 71.2 Å². The molecule has 2 nitrogen and oxygen atoms in total. The highest BCUT2D eigenvalue weighted by Crippen LogP contribution is 2.23. The predicted molar refractivity (Wildman–Crippen MR) is 125 cm³/mol. The molecular formula is C28H34O2. The summed E-state index contributed by atoms with van der Waals surface area (Å²) in [5.74, 6) is 3.00. The Bertz CT molecular complexity index is 803. The van der Waals surface area contributed by atoms with Crippen molar-refractivity contribution < 1.29 is 9.47 Å². The standard InChI is InChI=1S/C28H34O2/c1-5-21(3)25-11-15-27(16-12-25)29-19-23-7-9-24(10-8-23)20-30-28-17-13-26(14-18-28)22(4)6-2/h7-18,21-22H,5-6,19-20H2,1-4H3. The van der Waals surface area contributed by atoms with E-state index in [-0.39, 0.29) is 0 Å². The maximum absolute atomic E-state index is 5.94. The van der Waals surface area contributed by atoms with E-state index in [1.54, 1.807) is 0 Å². The van der Waals surface area contributed by atoms with Crippen molar-refractivity contribution in [2.45, 2.75) is 65.6 Å². The third-order valence-corrected chi connectivity index (χ3v) is 5.96. The van der Waals surface area contributed by atoms with E-state index in [9.17, 15) is 0 Å². The second-order valence-electron chi connectivity index (χ2n) is 8.15. The highest BCUT2D eigenvalue weighted by atomic mass is 16.5. The molecule has 0 heterocycles. The minimum atomic E-state index is 0.570. The summed E-state index contributed by atoms with van der Waals surface area (Å²) in [6, 6.07) is 25.4. The van der Waals surface area contributed by atoms with E-state index in [4.69, 9.17) is 9.47 Å². The van der Waals surface area contributed by atoms with Crippen LogP contribution in [-0.2, 0) is 13.2 Å². The van der Waals surface area contributed by atoms with Gasteiger partial charge >= 0.3 is 0 Å². The van der Waals surface area contributed by atoms with Crippen LogP contribution in [0, 0.1) is 0 Å². The summed E-state index contributed by atoms with van der Waals surface area (Å²) < 4.78 is 11.9. The van der Waals surface area contributed by atoms with Crippen molar-refractivity contribution in [3.05, 3.63) is 95.1 Å². The van der Waals surface area contributed by atoms with Gasteiger partial charge < -0.3 is 9.47 Å². The van der Waals surface area contributed by atoms with Gasteiger partial charge in [0.1, 0.15) is 24.7 Å². The SMILES string of the molecule is CCC(C)c1ccc(OCc2ccc(COc3ccc(C(C)CC)cc3)cc2)cc1. The monoisotopic (exact) mass is 402 g/mol. The van der Waals surface area contributed by atoms with E-state index in [2.05, 4.69) is 100 Å². The van der Waals surface area contributed by atoms with Gasteiger partial charge in [0.15, 0.2) is 0 Å². The van der Waals surface area contributed by atoms with Gasteiger partial charge in [-0.1, -0.05) is 76.2 Å². The van der Waals surface area contributed by atoms with Crippen LogP contribution in [0.1, 0.15) is 74.6 Å². The molecule has 0 saturated heterocycles. The molecule has 0 saturated carbocycles. The summed E-state index contributed by atoms with van der Waals surface area (Å²) in [6.45, 7) is 10.1. The zero-order valence-corrected chi connectivity index (χ0v) is 18.7. The lowest BCUT2D eigenvalue weighted by Gasteiger charge is -2.12. The van der Waals surface area contributed by atoms with Crippen LogP contribution >= 0.6 is 0 Å². The number of rotatable bonds is 10. The molecule has 0 aromatic heterocycles. The molecule has 0 aliphatic rings. The summed E-state index contributed by atoms with van der Waals surface area (Å²) in [5.41, 5.74) is 5.04. The molecule has 158 valence electrons. The van der Waals surface area contributed by atoms with Crippen LogP contribution in [0.5, 0.6) is 11.5 Å². The molecule has 2 unspecified atom stereocenters. The van der Waals surface area contributed by atoms with Gasteiger partial charge in [-0.3, -0.25) is 0 Å². The Morgan fingerprint density at radius 1 is 0.533 bits per heavy atom. The Kier molecular flexibility index (Phi) is 7.96. The molecule has 0 N–H and O–H groups in total. The smallest absolute Gasteiger partial charge is 0.119 e. The Morgan fingerprint density at radius 3 is 1.17 bits per heavy atom. The lowest BCUT2D eigenvalue weighted by atomic mass is 9.99.